The van der Waals surface area contributed by atoms with Crippen LogP contribution >= 0.6 is 0 Å². The minimum atomic E-state index is -0.595. The average Bonchev–Trinajstić information content (AvgIpc) is 2.30. The van der Waals surface area contributed by atoms with Gasteiger partial charge < -0.3 is 10.2 Å². The summed E-state index contributed by atoms with van der Waals surface area (Å²) in [5.74, 6) is 0.497. The number of nitrogens with one attached hydrogen (secondary N) is 1. The topological polar surface area (TPSA) is 79.1 Å². The van der Waals surface area contributed by atoms with E-state index in [-0.39, 0.29) is 5.48 Å². The van der Waals surface area contributed by atoms with Crippen molar-refractivity contribution in [2.45, 2.75) is 26.2 Å². The molecule has 1 aromatic carbocycles. The van der Waals surface area contributed by atoms with E-state index in [4.69, 9.17) is 9.57 Å². The molecule has 1 rings (SSSR count). The van der Waals surface area contributed by atoms with Crippen LogP contribution < -0.4 is 10.2 Å². The van der Waals surface area contributed by atoms with Gasteiger partial charge in [0.25, 0.3) is 0 Å². The predicted octanol–water partition coefficient (Wildman–Crippen LogP) is 2.07. The van der Waals surface area contributed by atoms with Gasteiger partial charge in [-0.2, -0.15) is 5.48 Å². The SMILES string of the molecule is CCCCCONC(=O)Oc1ccccc1.O. The molecule has 0 saturated heterocycles. The van der Waals surface area contributed by atoms with E-state index in [9.17, 15) is 4.79 Å². The first-order chi connectivity index (χ1) is 7.83. The van der Waals surface area contributed by atoms with Crippen LogP contribution in [0.1, 0.15) is 26.2 Å². The Hall–Kier alpha value is -1.59. The van der Waals surface area contributed by atoms with E-state index in [0.717, 1.165) is 19.3 Å². The van der Waals surface area contributed by atoms with Gasteiger partial charge in [-0.1, -0.05) is 38.0 Å². The number of unbranched alkanes of at least 4 members (excludes halogenated alkanes) is 2. The Morgan fingerprint density at radius 2 is 1.94 bits per heavy atom. The fourth-order valence-electron chi connectivity index (χ4n) is 1.15. The number of hydrogen-bond donors (Lipinski definition) is 1. The van der Waals surface area contributed by atoms with Gasteiger partial charge in [0, 0.05) is 0 Å². The molecule has 0 aliphatic heterocycles. The second-order valence-electron chi connectivity index (χ2n) is 3.36. The quantitative estimate of drug-likeness (QED) is 0.611. The molecule has 0 heterocycles. The standard InChI is InChI=1S/C12H17NO3.H2O/c1-2-3-7-10-15-13-12(14)16-11-8-5-4-6-9-11;/h4-6,8-9H,2-3,7,10H2,1H3,(H,13,14);1H2. The monoisotopic (exact) mass is 241 g/mol. The minimum Gasteiger partial charge on any atom is -0.412 e. The van der Waals surface area contributed by atoms with Crippen molar-refractivity contribution in [2.75, 3.05) is 6.61 Å². The Labute approximate surface area is 101 Å². The number of rotatable bonds is 6. The Morgan fingerprint density at radius 3 is 2.59 bits per heavy atom. The summed E-state index contributed by atoms with van der Waals surface area (Å²) in [6, 6.07) is 8.86. The molecule has 1 aromatic rings. The van der Waals surface area contributed by atoms with E-state index in [2.05, 4.69) is 12.4 Å². The van der Waals surface area contributed by atoms with Gasteiger partial charge in [0.1, 0.15) is 5.75 Å². The van der Waals surface area contributed by atoms with Crippen LogP contribution in [0.15, 0.2) is 30.3 Å². The third-order valence-corrected chi connectivity index (χ3v) is 1.96. The molecule has 0 atom stereocenters. The lowest BCUT2D eigenvalue weighted by Crippen LogP contribution is -2.27. The summed E-state index contributed by atoms with van der Waals surface area (Å²) in [5.41, 5.74) is 2.23. The van der Waals surface area contributed by atoms with Crippen LogP contribution in [0.4, 0.5) is 4.79 Å². The van der Waals surface area contributed by atoms with Crippen molar-refractivity contribution in [2.24, 2.45) is 0 Å². The molecule has 96 valence electrons. The molecule has 17 heavy (non-hydrogen) atoms. The molecule has 0 aliphatic carbocycles. The lowest BCUT2D eigenvalue weighted by molar-refractivity contribution is 0.0432. The van der Waals surface area contributed by atoms with E-state index >= 15 is 0 Å². The molecule has 0 saturated carbocycles. The van der Waals surface area contributed by atoms with Crippen LogP contribution in [0.5, 0.6) is 5.75 Å². The second-order valence-corrected chi connectivity index (χ2v) is 3.36. The zero-order valence-corrected chi connectivity index (χ0v) is 9.94. The zero-order valence-electron chi connectivity index (χ0n) is 9.94. The molecular formula is C12H19NO4. The van der Waals surface area contributed by atoms with Gasteiger partial charge in [-0.15, -0.1) is 0 Å². The van der Waals surface area contributed by atoms with Crippen LogP contribution in [0.3, 0.4) is 0 Å². The van der Waals surface area contributed by atoms with E-state index < -0.39 is 6.09 Å². The van der Waals surface area contributed by atoms with Gasteiger partial charge in [0.2, 0.25) is 0 Å². The molecule has 0 spiro atoms. The largest absolute Gasteiger partial charge is 0.436 e. The first-order valence-electron chi connectivity index (χ1n) is 5.47. The highest BCUT2D eigenvalue weighted by atomic mass is 16.7. The smallest absolute Gasteiger partial charge is 0.412 e. The average molecular weight is 241 g/mol. The third-order valence-electron chi connectivity index (χ3n) is 1.96. The molecule has 0 aromatic heterocycles. The summed E-state index contributed by atoms with van der Waals surface area (Å²) >= 11 is 0. The van der Waals surface area contributed by atoms with Gasteiger partial charge >= 0.3 is 6.09 Å². The number of ether oxygens (including phenoxy) is 1. The van der Waals surface area contributed by atoms with Gasteiger partial charge in [-0.25, -0.2) is 4.79 Å². The molecule has 5 heteroatoms. The predicted molar refractivity (Wildman–Crippen MR) is 64.7 cm³/mol. The number of para-hydroxylation sites is 1. The zero-order chi connectivity index (χ0) is 11.6. The lowest BCUT2D eigenvalue weighted by atomic mass is 10.3. The fraction of sp³-hybridized carbons (Fsp3) is 0.417. The Bertz CT molecular complexity index is 303. The Balaban J connectivity index is 0.00000256. The van der Waals surface area contributed by atoms with Crippen molar-refractivity contribution in [3.05, 3.63) is 30.3 Å². The summed E-state index contributed by atoms with van der Waals surface area (Å²) in [5, 5.41) is 0. The molecule has 3 N–H and O–H groups in total. The maximum absolute atomic E-state index is 11.2. The molecular weight excluding hydrogens is 222 g/mol. The fourth-order valence-corrected chi connectivity index (χ4v) is 1.15. The van der Waals surface area contributed by atoms with E-state index in [1.807, 2.05) is 6.07 Å². The summed E-state index contributed by atoms with van der Waals surface area (Å²) < 4.78 is 4.95. The minimum absolute atomic E-state index is 0. The number of hydrogen-bond acceptors (Lipinski definition) is 3. The van der Waals surface area contributed by atoms with Crippen LogP contribution in [0.25, 0.3) is 0 Å². The first-order valence-corrected chi connectivity index (χ1v) is 5.47. The molecule has 5 nitrogen and oxygen atoms in total. The van der Waals surface area contributed by atoms with Crippen molar-refractivity contribution in [1.82, 2.24) is 5.48 Å². The van der Waals surface area contributed by atoms with E-state index in [1.54, 1.807) is 24.3 Å². The van der Waals surface area contributed by atoms with Gasteiger partial charge in [0.05, 0.1) is 6.61 Å². The van der Waals surface area contributed by atoms with Gasteiger partial charge in [0.15, 0.2) is 0 Å². The van der Waals surface area contributed by atoms with E-state index in [1.165, 1.54) is 0 Å². The van der Waals surface area contributed by atoms with Gasteiger partial charge in [-0.05, 0) is 18.6 Å². The molecule has 0 fully saturated rings. The normalized spacial score (nSPS) is 9.24. The summed E-state index contributed by atoms with van der Waals surface area (Å²) in [7, 11) is 0. The van der Waals surface area contributed by atoms with Crippen molar-refractivity contribution in [1.29, 1.82) is 0 Å². The van der Waals surface area contributed by atoms with E-state index in [0.29, 0.717) is 12.4 Å². The number of carbonyl (C=O) groups excluding carboxylic acids is 1. The summed E-state index contributed by atoms with van der Waals surface area (Å²) in [6.45, 7) is 2.62. The first kappa shape index (κ1) is 15.4. The van der Waals surface area contributed by atoms with Crippen LogP contribution in [-0.2, 0) is 4.84 Å². The molecule has 0 bridgehead atoms. The molecule has 0 unspecified atom stereocenters. The Morgan fingerprint density at radius 1 is 1.24 bits per heavy atom. The van der Waals surface area contributed by atoms with Crippen molar-refractivity contribution in [3.8, 4) is 5.75 Å². The van der Waals surface area contributed by atoms with Crippen molar-refractivity contribution < 1.29 is 19.8 Å². The second kappa shape index (κ2) is 9.62. The highest BCUT2D eigenvalue weighted by Gasteiger charge is 2.02. The number of carbonyl (C=O) groups is 1. The highest BCUT2D eigenvalue weighted by molar-refractivity contribution is 5.68. The molecule has 0 radical (unpaired) electrons. The van der Waals surface area contributed by atoms with Crippen LogP contribution in [0, 0.1) is 0 Å². The van der Waals surface area contributed by atoms with Gasteiger partial charge in [-0.3, -0.25) is 4.84 Å². The maximum atomic E-state index is 11.2. The Kier molecular flexibility index (Phi) is 8.72. The summed E-state index contributed by atoms with van der Waals surface area (Å²) in [6.07, 6.45) is 2.55. The van der Waals surface area contributed by atoms with Crippen molar-refractivity contribution >= 4 is 6.09 Å². The number of amides is 1. The maximum Gasteiger partial charge on any atom is 0.436 e. The molecule has 1 amide bonds. The number of hydroxylamine groups is 1. The third kappa shape index (κ3) is 7.32. The highest BCUT2D eigenvalue weighted by Crippen LogP contribution is 2.07. The number of benzene rings is 1. The van der Waals surface area contributed by atoms with Crippen LogP contribution in [0.2, 0.25) is 0 Å². The van der Waals surface area contributed by atoms with Crippen LogP contribution in [-0.4, -0.2) is 18.2 Å². The van der Waals surface area contributed by atoms with Crippen molar-refractivity contribution in [3.63, 3.8) is 0 Å². The summed E-state index contributed by atoms with van der Waals surface area (Å²) in [4.78, 5) is 16.1. The lowest BCUT2D eigenvalue weighted by Gasteiger charge is -2.06. The molecule has 0 aliphatic rings.